The van der Waals surface area contributed by atoms with Gasteiger partial charge in [0.1, 0.15) is 5.82 Å². The van der Waals surface area contributed by atoms with Gasteiger partial charge in [-0.1, -0.05) is 43.7 Å². The van der Waals surface area contributed by atoms with Crippen LogP contribution in [-0.4, -0.2) is 9.55 Å². The van der Waals surface area contributed by atoms with Crippen molar-refractivity contribution in [2.24, 2.45) is 7.05 Å². The molecular formula is C14H16N2O. The van der Waals surface area contributed by atoms with Crippen LogP contribution in [0.5, 0.6) is 0 Å². The summed E-state index contributed by atoms with van der Waals surface area (Å²) in [5, 5.41) is 0. The molecule has 2 aromatic rings. The first-order chi connectivity index (χ1) is 8.22. The molecule has 0 aliphatic heterocycles. The maximum absolute atomic E-state index is 11.6. The van der Waals surface area contributed by atoms with Crippen molar-refractivity contribution in [1.29, 1.82) is 0 Å². The minimum absolute atomic E-state index is 0.162. The van der Waals surface area contributed by atoms with Gasteiger partial charge in [0.05, 0.1) is 0 Å². The van der Waals surface area contributed by atoms with Gasteiger partial charge in [-0.2, -0.15) is 4.98 Å². The lowest BCUT2D eigenvalue weighted by atomic mass is 10.2. The molecule has 0 spiro atoms. The molecule has 0 saturated carbocycles. The van der Waals surface area contributed by atoms with E-state index in [0.717, 1.165) is 29.9 Å². The van der Waals surface area contributed by atoms with Crippen LogP contribution in [0.15, 0.2) is 41.2 Å². The molecule has 0 N–H and O–H groups in total. The van der Waals surface area contributed by atoms with Crippen molar-refractivity contribution in [3.63, 3.8) is 0 Å². The highest BCUT2D eigenvalue weighted by Crippen LogP contribution is 2.15. The number of aryl methyl sites for hydroxylation is 1. The van der Waals surface area contributed by atoms with E-state index in [1.54, 1.807) is 6.07 Å². The van der Waals surface area contributed by atoms with Crippen LogP contribution < -0.4 is 5.56 Å². The summed E-state index contributed by atoms with van der Waals surface area (Å²) in [5.74, 6) is 0.738. The zero-order valence-corrected chi connectivity index (χ0v) is 10.2. The lowest BCUT2D eigenvalue weighted by molar-refractivity contribution is 0.752. The van der Waals surface area contributed by atoms with Crippen LogP contribution in [0.3, 0.4) is 0 Å². The van der Waals surface area contributed by atoms with Gasteiger partial charge in [0.15, 0.2) is 0 Å². The van der Waals surface area contributed by atoms with Crippen LogP contribution in [0.1, 0.15) is 19.0 Å². The Morgan fingerprint density at radius 1 is 1.24 bits per heavy atom. The van der Waals surface area contributed by atoms with Crippen LogP contribution in [0.25, 0.3) is 11.4 Å². The molecule has 17 heavy (non-hydrogen) atoms. The topological polar surface area (TPSA) is 34.9 Å². The number of hydrogen-bond acceptors (Lipinski definition) is 2. The van der Waals surface area contributed by atoms with Crippen LogP contribution >= 0.6 is 0 Å². The molecule has 0 radical (unpaired) electrons. The van der Waals surface area contributed by atoms with Crippen molar-refractivity contribution >= 4 is 0 Å². The molecule has 0 bridgehead atoms. The second-order valence-electron chi connectivity index (χ2n) is 4.08. The molecule has 3 nitrogen and oxygen atoms in total. The SMILES string of the molecule is CCCc1cc(=O)nc(-c2ccccc2)n1C. The zero-order valence-electron chi connectivity index (χ0n) is 10.2. The molecule has 0 amide bonds. The molecule has 0 saturated heterocycles. The zero-order chi connectivity index (χ0) is 12.3. The van der Waals surface area contributed by atoms with Gasteiger partial charge < -0.3 is 4.57 Å². The van der Waals surface area contributed by atoms with Crippen molar-refractivity contribution in [3.8, 4) is 11.4 Å². The molecule has 2 rings (SSSR count). The van der Waals surface area contributed by atoms with Gasteiger partial charge in [-0.05, 0) is 6.42 Å². The maximum Gasteiger partial charge on any atom is 0.273 e. The second-order valence-corrected chi connectivity index (χ2v) is 4.08. The Balaban J connectivity index is 2.58. The predicted octanol–water partition coefficient (Wildman–Crippen LogP) is 2.40. The van der Waals surface area contributed by atoms with Gasteiger partial charge in [-0.15, -0.1) is 0 Å². The molecule has 1 aromatic carbocycles. The first-order valence-electron chi connectivity index (χ1n) is 5.84. The van der Waals surface area contributed by atoms with Crippen molar-refractivity contribution < 1.29 is 0 Å². The summed E-state index contributed by atoms with van der Waals surface area (Å²) in [6.45, 7) is 2.10. The van der Waals surface area contributed by atoms with E-state index in [1.807, 2.05) is 41.9 Å². The number of benzene rings is 1. The fraction of sp³-hybridized carbons (Fsp3) is 0.286. The summed E-state index contributed by atoms with van der Waals surface area (Å²) >= 11 is 0. The molecule has 0 atom stereocenters. The molecule has 0 fully saturated rings. The highest BCUT2D eigenvalue weighted by Gasteiger charge is 2.07. The molecule has 0 aliphatic carbocycles. The van der Waals surface area contributed by atoms with Gasteiger partial charge in [0.25, 0.3) is 5.56 Å². The molecule has 1 aromatic heterocycles. The number of rotatable bonds is 3. The summed E-state index contributed by atoms with van der Waals surface area (Å²) in [6, 6.07) is 11.4. The van der Waals surface area contributed by atoms with E-state index < -0.39 is 0 Å². The summed E-state index contributed by atoms with van der Waals surface area (Å²) in [4.78, 5) is 15.7. The van der Waals surface area contributed by atoms with Crippen LogP contribution in [-0.2, 0) is 13.5 Å². The second kappa shape index (κ2) is 4.95. The number of aromatic nitrogens is 2. The molecule has 88 valence electrons. The average molecular weight is 228 g/mol. The minimum atomic E-state index is -0.162. The van der Waals surface area contributed by atoms with Gasteiger partial charge in [0.2, 0.25) is 0 Å². The van der Waals surface area contributed by atoms with Gasteiger partial charge >= 0.3 is 0 Å². The van der Waals surface area contributed by atoms with Gasteiger partial charge in [0, 0.05) is 24.4 Å². The normalized spacial score (nSPS) is 10.5. The minimum Gasteiger partial charge on any atom is -0.332 e. The third-order valence-electron chi connectivity index (χ3n) is 2.79. The Kier molecular flexibility index (Phi) is 3.38. The molecule has 0 aliphatic rings. The molecule has 1 heterocycles. The summed E-state index contributed by atoms with van der Waals surface area (Å²) in [6.07, 6.45) is 1.92. The number of hydrogen-bond donors (Lipinski definition) is 0. The summed E-state index contributed by atoms with van der Waals surface area (Å²) in [5.41, 5.74) is 1.85. The fourth-order valence-corrected chi connectivity index (χ4v) is 1.93. The Hall–Kier alpha value is -1.90. The van der Waals surface area contributed by atoms with Crippen molar-refractivity contribution in [3.05, 3.63) is 52.4 Å². The highest BCUT2D eigenvalue weighted by molar-refractivity contribution is 5.55. The third-order valence-corrected chi connectivity index (χ3v) is 2.79. The third kappa shape index (κ3) is 2.44. The van der Waals surface area contributed by atoms with Crippen LogP contribution in [0.2, 0.25) is 0 Å². The lowest BCUT2D eigenvalue weighted by Crippen LogP contribution is -2.16. The maximum atomic E-state index is 11.6. The Bertz CT molecular complexity index is 558. The quantitative estimate of drug-likeness (QED) is 0.808. The standard InChI is InChI=1S/C14H16N2O/c1-3-7-12-10-13(17)15-14(16(12)2)11-8-5-4-6-9-11/h4-6,8-10H,3,7H2,1-2H3. The van der Waals surface area contributed by atoms with Crippen LogP contribution in [0.4, 0.5) is 0 Å². The Labute approximate surface area is 101 Å². The Morgan fingerprint density at radius 3 is 2.59 bits per heavy atom. The first kappa shape index (κ1) is 11.6. The largest absolute Gasteiger partial charge is 0.332 e. The van der Waals surface area contributed by atoms with E-state index in [9.17, 15) is 4.79 Å². The van der Waals surface area contributed by atoms with Gasteiger partial charge in [-0.3, -0.25) is 4.79 Å². The smallest absolute Gasteiger partial charge is 0.273 e. The fourth-order valence-electron chi connectivity index (χ4n) is 1.93. The van der Waals surface area contributed by atoms with E-state index in [4.69, 9.17) is 0 Å². The van der Waals surface area contributed by atoms with Crippen LogP contribution in [0, 0.1) is 0 Å². The van der Waals surface area contributed by atoms with Gasteiger partial charge in [-0.25, -0.2) is 0 Å². The van der Waals surface area contributed by atoms with Crippen molar-refractivity contribution in [2.75, 3.05) is 0 Å². The number of nitrogens with zero attached hydrogens (tertiary/aromatic N) is 2. The lowest BCUT2D eigenvalue weighted by Gasteiger charge is -2.12. The molecule has 0 unspecified atom stereocenters. The molecular weight excluding hydrogens is 212 g/mol. The monoisotopic (exact) mass is 228 g/mol. The van der Waals surface area contributed by atoms with Crippen molar-refractivity contribution in [2.45, 2.75) is 19.8 Å². The molecule has 3 heteroatoms. The summed E-state index contributed by atoms with van der Waals surface area (Å²) in [7, 11) is 1.96. The van der Waals surface area contributed by atoms with E-state index in [0.29, 0.717) is 0 Å². The average Bonchev–Trinajstić information content (AvgIpc) is 2.35. The summed E-state index contributed by atoms with van der Waals surface area (Å²) < 4.78 is 2.00. The van der Waals surface area contributed by atoms with E-state index in [2.05, 4.69) is 11.9 Å². The highest BCUT2D eigenvalue weighted by atomic mass is 16.1. The first-order valence-corrected chi connectivity index (χ1v) is 5.84. The van der Waals surface area contributed by atoms with E-state index >= 15 is 0 Å². The van der Waals surface area contributed by atoms with Crippen molar-refractivity contribution in [1.82, 2.24) is 9.55 Å². The Morgan fingerprint density at radius 2 is 1.94 bits per heavy atom. The van der Waals surface area contributed by atoms with E-state index in [1.165, 1.54) is 0 Å². The van der Waals surface area contributed by atoms with E-state index in [-0.39, 0.29) is 5.56 Å². The predicted molar refractivity (Wildman–Crippen MR) is 68.9 cm³/mol.